The molecule has 2 heterocycles. The van der Waals surface area contributed by atoms with E-state index in [2.05, 4.69) is 19.2 Å². The van der Waals surface area contributed by atoms with E-state index >= 15 is 0 Å². The summed E-state index contributed by atoms with van der Waals surface area (Å²) in [6.45, 7) is 5.23. The molecule has 0 radical (unpaired) electrons. The topological polar surface area (TPSA) is 55.6 Å². The third-order valence-electron chi connectivity index (χ3n) is 3.26. The molecule has 1 aromatic carbocycles. The summed E-state index contributed by atoms with van der Waals surface area (Å²) in [5, 5.41) is 9.02. The van der Waals surface area contributed by atoms with Gasteiger partial charge >= 0.3 is 0 Å². The van der Waals surface area contributed by atoms with Crippen LogP contribution in [-0.2, 0) is 13.1 Å². The quantitative estimate of drug-likeness (QED) is 0.774. The Hall–Kier alpha value is -1.37. The lowest BCUT2D eigenvalue weighted by atomic mass is 10.2. The summed E-state index contributed by atoms with van der Waals surface area (Å²) in [6, 6.07) is 3.68. The third kappa shape index (κ3) is 2.59. The molecule has 0 aliphatic heterocycles. The lowest BCUT2D eigenvalue weighted by molar-refractivity contribution is 0.623. The van der Waals surface area contributed by atoms with Crippen LogP contribution >= 0.6 is 34.9 Å². The lowest BCUT2D eigenvalue weighted by Gasteiger charge is -2.10. The number of nitrogens with zero attached hydrogens (tertiary/aromatic N) is 4. The number of nitrogens with one attached hydrogen (secondary N) is 1. The Kier molecular flexibility index (Phi) is 4.01. The smallest absolute Gasteiger partial charge is 0.129 e. The van der Waals surface area contributed by atoms with E-state index in [-0.39, 0.29) is 0 Å². The summed E-state index contributed by atoms with van der Waals surface area (Å²) >= 11 is 13.7. The molecule has 0 spiro atoms. The highest BCUT2D eigenvalue weighted by Crippen LogP contribution is 2.31. The Morgan fingerprint density at radius 1 is 1.29 bits per heavy atom. The molecule has 0 saturated carbocycles. The molecular formula is C13H13Cl2N5S. The molecule has 0 atom stereocenters. The monoisotopic (exact) mass is 341 g/mol. The number of hydrogen-bond donors (Lipinski definition) is 1. The number of rotatable bonds is 4. The molecule has 0 aliphatic rings. The molecule has 5 nitrogen and oxygen atoms in total. The number of fused-ring (bicyclic) bond motifs is 1. The summed E-state index contributed by atoms with van der Waals surface area (Å²) in [4.78, 5) is 0. The zero-order chi connectivity index (χ0) is 15.0. The van der Waals surface area contributed by atoms with Gasteiger partial charge in [0.05, 0.1) is 45.4 Å². The molecule has 0 aliphatic carbocycles. The van der Waals surface area contributed by atoms with E-state index in [9.17, 15) is 0 Å². The van der Waals surface area contributed by atoms with Crippen LogP contribution in [0.2, 0.25) is 10.0 Å². The van der Waals surface area contributed by atoms with Gasteiger partial charge in [-0.05, 0) is 26.0 Å². The van der Waals surface area contributed by atoms with Gasteiger partial charge in [0.25, 0.3) is 0 Å². The van der Waals surface area contributed by atoms with Crippen molar-refractivity contribution in [3.8, 4) is 0 Å². The first-order valence-electron chi connectivity index (χ1n) is 6.48. The van der Waals surface area contributed by atoms with E-state index in [0.717, 1.165) is 34.7 Å². The van der Waals surface area contributed by atoms with Crippen LogP contribution in [0.4, 0.5) is 5.69 Å². The predicted octanol–water partition coefficient (Wildman–Crippen LogP) is 4.14. The molecule has 0 unspecified atom stereocenters. The Labute approximate surface area is 136 Å². The SMILES string of the molecule is CCn1nc(C)c(Cl)c1CNc1c(Cl)ccc2nsnc12. The number of hydrogen-bond acceptors (Lipinski definition) is 5. The second-order valence-corrected chi connectivity index (χ2v) is 5.88. The number of anilines is 1. The summed E-state index contributed by atoms with van der Waals surface area (Å²) in [6.07, 6.45) is 0. The first-order chi connectivity index (χ1) is 10.1. The molecule has 0 amide bonds. The van der Waals surface area contributed by atoms with Crippen LogP contribution in [0.3, 0.4) is 0 Å². The van der Waals surface area contributed by atoms with Crippen molar-refractivity contribution >= 4 is 51.7 Å². The Bertz CT molecular complexity index is 795. The van der Waals surface area contributed by atoms with E-state index in [4.69, 9.17) is 23.2 Å². The molecule has 3 aromatic rings. The van der Waals surface area contributed by atoms with Crippen molar-refractivity contribution in [1.29, 1.82) is 0 Å². The molecule has 2 aromatic heterocycles. The van der Waals surface area contributed by atoms with Gasteiger partial charge < -0.3 is 5.32 Å². The lowest BCUT2D eigenvalue weighted by Crippen LogP contribution is -2.08. The van der Waals surface area contributed by atoms with Gasteiger partial charge in [0.15, 0.2) is 0 Å². The van der Waals surface area contributed by atoms with Crippen molar-refractivity contribution in [3.05, 3.63) is 33.6 Å². The minimum absolute atomic E-state index is 0.532. The third-order valence-corrected chi connectivity index (χ3v) is 4.61. The van der Waals surface area contributed by atoms with E-state index in [1.165, 1.54) is 11.7 Å². The fraction of sp³-hybridized carbons (Fsp3) is 0.308. The highest BCUT2D eigenvalue weighted by Gasteiger charge is 2.14. The number of aromatic nitrogens is 4. The van der Waals surface area contributed by atoms with Gasteiger partial charge in [0.1, 0.15) is 11.0 Å². The molecule has 8 heteroatoms. The molecule has 3 rings (SSSR count). The van der Waals surface area contributed by atoms with Crippen molar-refractivity contribution in [2.45, 2.75) is 26.9 Å². The summed E-state index contributed by atoms with van der Waals surface area (Å²) < 4.78 is 10.4. The van der Waals surface area contributed by atoms with Crippen LogP contribution in [0.1, 0.15) is 18.3 Å². The zero-order valence-electron chi connectivity index (χ0n) is 11.5. The fourth-order valence-electron chi connectivity index (χ4n) is 2.20. The first-order valence-corrected chi connectivity index (χ1v) is 7.96. The molecule has 21 heavy (non-hydrogen) atoms. The van der Waals surface area contributed by atoms with Crippen molar-refractivity contribution in [2.24, 2.45) is 0 Å². The summed E-state index contributed by atoms with van der Waals surface area (Å²) in [5.41, 5.74) is 4.16. The van der Waals surface area contributed by atoms with Crippen molar-refractivity contribution in [1.82, 2.24) is 18.5 Å². The molecular weight excluding hydrogens is 329 g/mol. The highest BCUT2D eigenvalue weighted by molar-refractivity contribution is 7.00. The van der Waals surface area contributed by atoms with Crippen LogP contribution in [0, 0.1) is 6.92 Å². The molecule has 0 bridgehead atoms. The number of benzene rings is 1. The maximum absolute atomic E-state index is 6.31. The molecule has 1 N–H and O–H groups in total. The van der Waals surface area contributed by atoms with Crippen LogP contribution in [0.25, 0.3) is 11.0 Å². The van der Waals surface area contributed by atoms with Gasteiger partial charge in [-0.2, -0.15) is 13.8 Å². The number of aryl methyl sites for hydroxylation is 2. The van der Waals surface area contributed by atoms with Crippen LogP contribution < -0.4 is 5.32 Å². The van der Waals surface area contributed by atoms with Crippen LogP contribution in [0.15, 0.2) is 12.1 Å². The standard InChI is InChI=1S/C13H13Cl2N5S/c1-3-20-10(11(15)7(2)17-20)6-16-12-8(14)4-5-9-13(12)19-21-18-9/h4-5,16H,3,6H2,1-2H3. The van der Waals surface area contributed by atoms with Gasteiger partial charge in [-0.1, -0.05) is 23.2 Å². The van der Waals surface area contributed by atoms with E-state index in [1.54, 1.807) is 0 Å². The Morgan fingerprint density at radius 2 is 2.10 bits per heavy atom. The van der Waals surface area contributed by atoms with Crippen molar-refractivity contribution in [3.63, 3.8) is 0 Å². The average Bonchev–Trinajstić information content (AvgIpc) is 3.05. The fourth-order valence-corrected chi connectivity index (χ4v) is 3.17. The van der Waals surface area contributed by atoms with Gasteiger partial charge in [-0.15, -0.1) is 0 Å². The first kappa shape index (κ1) is 14.6. The molecule has 0 fully saturated rings. The highest BCUT2D eigenvalue weighted by atomic mass is 35.5. The summed E-state index contributed by atoms with van der Waals surface area (Å²) in [5.74, 6) is 0. The van der Waals surface area contributed by atoms with Gasteiger partial charge in [-0.25, -0.2) is 0 Å². The van der Waals surface area contributed by atoms with Gasteiger partial charge in [0.2, 0.25) is 0 Å². The van der Waals surface area contributed by atoms with Crippen molar-refractivity contribution < 1.29 is 0 Å². The molecule has 110 valence electrons. The maximum atomic E-state index is 6.31. The second-order valence-electron chi connectivity index (χ2n) is 4.57. The second kappa shape index (κ2) is 5.79. The minimum Gasteiger partial charge on any atom is -0.376 e. The van der Waals surface area contributed by atoms with E-state index in [1.807, 2.05) is 30.7 Å². The number of halogens is 2. The Balaban J connectivity index is 1.94. The summed E-state index contributed by atoms with van der Waals surface area (Å²) in [7, 11) is 0. The van der Waals surface area contributed by atoms with Crippen molar-refractivity contribution in [2.75, 3.05) is 5.32 Å². The normalized spacial score (nSPS) is 11.2. The van der Waals surface area contributed by atoms with E-state index in [0.29, 0.717) is 16.6 Å². The zero-order valence-corrected chi connectivity index (χ0v) is 13.9. The van der Waals surface area contributed by atoms with Gasteiger partial charge in [-0.3, -0.25) is 4.68 Å². The maximum Gasteiger partial charge on any atom is 0.129 e. The Morgan fingerprint density at radius 3 is 2.86 bits per heavy atom. The largest absolute Gasteiger partial charge is 0.376 e. The minimum atomic E-state index is 0.532. The molecule has 0 saturated heterocycles. The van der Waals surface area contributed by atoms with Gasteiger partial charge in [0, 0.05) is 6.54 Å². The van der Waals surface area contributed by atoms with Crippen LogP contribution in [0.5, 0.6) is 0 Å². The van der Waals surface area contributed by atoms with Crippen LogP contribution in [-0.4, -0.2) is 18.5 Å². The predicted molar refractivity (Wildman–Crippen MR) is 87.4 cm³/mol. The average molecular weight is 342 g/mol. The van der Waals surface area contributed by atoms with E-state index < -0.39 is 0 Å².